The van der Waals surface area contributed by atoms with E-state index in [1.54, 1.807) is 24.3 Å². The van der Waals surface area contributed by atoms with Gasteiger partial charge in [-0.15, -0.1) is 0 Å². The molecule has 94 valence electrons. The van der Waals surface area contributed by atoms with Crippen LogP contribution in [0.5, 0.6) is 0 Å². The smallest absolute Gasteiger partial charge is 0.254 e. The third-order valence-corrected chi connectivity index (χ3v) is 3.49. The summed E-state index contributed by atoms with van der Waals surface area (Å²) in [4.78, 5) is 14.2. The zero-order valence-electron chi connectivity index (χ0n) is 10.5. The molecular formula is C14H17N3O. The molecule has 1 saturated heterocycles. The molecule has 4 heteroatoms. The fourth-order valence-corrected chi connectivity index (χ4v) is 2.48. The van der Waals surface area contributed by atoms with Crippen LogP contribution in [0.2, 0.25) is 0 Å². The van der Waals surface area contributed by atoms with Crippen LogP contribution in [0, 0.1) is 17.2 Å². The molecule has 1 aromatic carbocycles. The van der Waals surface area contributed by atoms with Crippen LogP contribution < -0.4 is 5.73 Å². The van der Waals surface area contributed by atoms with E-state index in [4.69, 9.17) is 11.0 Å². The molecule has 2 N–H and O–H groups in total. The van der Waals surface area contributed by atoms with Gasteiger partial charge in [0.15, 0.2) is 0 Å². The van der Waals surface area contributed by atoms with Gasteiger partial charge in [-0.2, -0.15) is 5.26 Å². The largest absolute Gasteiger partial charge is 0.336 e. The van der Waals surface area contributed by atoms with Gasteiger partial charge in [-0.05, 0) is 44.0 Å². The normalized spacial score (nSPS) is 22.8. The van der Waals surface area contributed by atoms with E-state index in [1.165, 1.54) is 0 Å². The number of nitriles is 1. The van der Waals surface area contributed by atoms with Crippen LogP contribution in [0.25, 0.3) is 0 Å². The van der Waals surface area contributed by atoms with Gasteiger partial charge in [0, 0.05) is 18.2 Å². The van der Waals surface area contributed by atoms with Crippen molar-refractivity contribution in [2.75, 3.05) is 13.1 Å². The Bertz CT molecular complexity index is 492. The summed E-state index contributed by atoms with van der Waals surface area (Å²) in [6.07, 6.45) is 0.959. The Morgan fingerprint density at radius 3 is 3.00 bits per heavy atom. The van der Waals surface area contributed by atoms with Gasteiger partial charge in [0.1, 0.15) is 0 Å². The lowest BCUT2D eigenvalue weighted by Gasteiger charge is -2.21. The fraction of sp³-hybridized carbons (Fsp3) is 0.429. The monoisotopic (exact) mass is 243 g/mol. The van der Waals surface area contributed by atoms with Crippen molar-refractivity contribution in [1.29, 1.82) is 5.26 Å². The molecule has 18 heavy (non-hydrogen) atoms. The molecule has 1 aliphatic rings. The van der Waals surface area contributed by atoms with Crippen LogP contribution in [0.15, 0.2) is 24.3 Å². The number of rotatable bonds is 2. The summed E-state index contributed by atoms with van der Waals surface area (Å²) in [6.45, 7) is 3.38. The minimum Gasteiger partial charge on any atom is -0.336 e. The first-order chi connectivity index (χ1) is 8.65. The Morgan fingerprint density at radius 1 is 1.61 bits per heavy atom. The summed E-state index contributed by atoms with van der Waals surface area (Å²) < 4.78 is 0. The minimum atomic E-state index is -0.00412. The Balaban J connectivity index is 2.19. The number of likely N-dealkylation sites (tertiary alicyclic amines) is 1. The number of carbonyl (C=O) groups excluding carboxylic acids is 1. The average Bonchev–Trinajstić information content (AvgIpc) is 2.79. The van der Waals surface area contributed by atoms with Crippen molar-refractivity contribution in [3.05, 3.63) is 35.4 Å². The van der Waals surface area contributed by atoms with Gasteiger partial charge in [0.25, 0.3) is 5.91 Å². The number of amides is 1. The van der Waals surface area contributed by atoms with Crippen molar-refractivity contribution in [2.45, 2.75) is 19.4 Å². The van der Waals surface area contributed by atoms with Crippen LogP contribution in [0.1, 0.15) is 29.3 Å². The molecule has 2 rings (SSSR count). The van der Waals surface area contributed by atoms with Crippen molar-refractivity contribution in [1.82, 2.24) is 4.90 Å². The first kappa shape index (κ1) is 12.6. The van der Waals surface area contributed by atoms with E-state index in [-0.39, 0.29) is 11.9 Å². The molecule has 0 saturated carbocycles. The van der Waals surface area contributed by atoms with Crippen molar-refractivity contribution in [3.63, 3.8) is 0 Å². The summed E-state index contributed by atoms with van der Waals surface area (Å²) in [5.41, 5.74) is 6.76. The third kappa shape index (κ3) is 2.36. The number of nitrogens with two attached hydrogens (primary N) is 1. The topological polar surface area (TPSA) is 70.1 Å². The third-order valence-electron chi connectivity index (χ3n) is 3.49. The maximum absolute atomic E-state index is 12.4. The molecule has 1 aliphatic heterocycles. The minimum absolute atomic E-state index is 0.00412. The zero-order chi connectivity index (χ0) is 13.1. The number of hydrogen-bond donors (Lipinski definition) is 1. The number of hydrogen-bond acceptors (Lipinski definition) is 3. The molecule has 1 fully saturated rings. The van der Waals surface area contributed by atoms with E-state index >= 15 is 0 Å². The summed E-state index contributed by atoms with van der Waals surface area (Å²) in [7, 11) is 0. The molecule has 1 heterocycles. The molecule has 0 bridgehead atoms. The van der Waals surface area contributed by atoms with E-state index < -0.39 is 0 Å². The van der Waals surface area contributed by atoms with Gasteiger partial charge < -0.3 is 10.6 Å². The van der Waals surface area contributed by atoms with Gasteiger partial charge in [-0.3, -0.25) is 4.79 Å². The highest BCUT2D eigenvalue weighted by atomic mass is 16.2. The van der Waals surface area contributed by atoms with Gasteiger partial charge in [-0.1, -0.05) is 6.07 Å². The molecule has 1 aromatic rings. The summed E-state index contributed by atoms with van der Waals surface area (Å²) in [6, 6.07) is 9.12. The van der Waals surface area contributed by atoms with Crippen LogP contribution in [0.3, 0.4) is 0 Å². The second kappa shape index (κ2) is 5.19. The molecule has 2 atom stereocenters. The number of benzene rings is 1. The van der Waals surface area contributed by atoms with E-state index in [1.807, 2.05) is 11.8 Å². The SMILES string of the molecule is CC1CC(CN)CN1C(=O)c1cccc(C#N)c1. The summed E-state index contributed by atoms with van der Waals surface area (Å²) >= 11 is 0. The molecule has 0 aromatic heterocycles. The second-order valence-corrected chi connectivity index (χ2v) is 4.84. The van der Waals surface area contributed by atoms with Crippen LogP contribution in [-0.4, -0.2) is 29.9 Å². The number of nitrogens with zero attached hydrogens (tertiary/aromatic N) is 2. The lowest BCUT2D eigenvalue weighted by molar-refractivity contribution is 0.0743. The highest BCUT2D eigenvalue weighted by Gasteiger charge is 2.31. The summed E-state index contributed by atoms with van der Waals surface area (Å²) in [5.74, 6) is 0.388. The van der Waals surface area contributed by atoms with Crippen LogP contribution in [-0.2, 0) is 0 Å². The molecule has 2 unspecified atom stereocenters. The standard InChI is InChI=1S/C14H17N3O/c1-10-5-12(8-16)9-17(10)14(18)13-4-2-3-11(6-13)7-15/h2-4,6,10,12H,5,8-9,16H2,1H3. The Kier molecular flexibility index (Phi) is 3.63. The molecule has 0 spiro atoms. The van der Waals surface area contributed by atoms with E-state index in [9.17, 15) is 4.79 Å². The lowest BCUT2D eigenvalue weighted by Crippen LogP contribution is -2.34. The maximum atomic E-state index is 12.4. The van der Waals surface area contributed by atoms with Crippen molar-refractivity contribution >= 4 is 5.91 Å². The highest BCUT2D eigenvalue weighted by Crippen LogP contribution is 2.24. The fourth-order valence-electron chi connectivity index (χ4n) is 2.48. The van der Waals surface area contributed by atoms with Crippen LogP contribution in [0.4, 0.5) is 0 Å². The molecular weight excluding hydrogens is 226 g/mol. The Labute approximate surface area is 107 Å². The Hall–Kier alpha value is -1.86. The zero-order valence-corrected chi connectivity index (χ0v) is 10.5. The van der Waals surface area contributed by atoms with E-state index in [0.29, 0.717) is 30.1 Å². The first-order valence-electron chi connectivity index (χ1n) is 6.17. The maximum Gasteiger partial charge on any atom is 0.254 e. The quantitative estimate of drug-likeness (QED) is 0.852. The Morgan fingerprint density at radius 2 is 2.39 bits per heavy atom. The van der Waals surface area contributed by atoms with Crippen LogP contribution >= 0.6 is 0 Å². The predicted molar refractivity (Wildman–Crippen MR) is 68.8 cm³/mol. The van der Waals surface area contributed by atoms with Crippen molar-refractivity contribution in [2.24, 2.45) is 11.7 Å². The second-order valence-electron chi connectivity index (χ2n) is 4.84. The van der Waals surface area contributed by atoms with Gasteiger partial charge >= 0.3 is 0 Å². The number of carbonyl (C=O) groups is 1. The molecule has 0 radical (unpaired) electrons. The summed E-state index contributed by atoms with van der Waals surface area (Å²) in [5, 5.41) is 8.85. The molecule has 0 aliphatic carbocycles. The highest BCUT2D eigenvalue weighted by molar-refractivity contribution is 5.95. The first-order valence-corrected chi connectivity index (χ1v) is 6.17. The van der Waals surface area contributed by atoms with Crippen molar-refractivity contribution in [3.8, 4) is 6.07 Å². The van der Waals surface area contributed by atoms with Gasteiger partial charge in [-0.25, -0.2) is 0 Å². The predicted octanol–water partition coefficient (Wildman–Crippen LogP) is 1.37. The van der Waals surface area contributed by atoms with Gasteiger partial charge in [0.05, 0.1) is 11.6 Å². The molecule has 4 nitrogen and oxygen atoms in total. The average molecular weight is 243 g/mol. The van der Waals surface area contributed by atoms with E-state index in [0.717, 1.165) is 6.42 Å². The molecule has 1 amide bonds. The van der Waals surface area contributed by atoms with E-state index in [2.05, 4.69) is 6.07 Å². The van der Waals surface area contributed by atoms with Crippen molar-refractivity contribution < 1.29 is 4.79 Å². The van der Waals surface area contributed by atoms with Gasteiger partial charge in [0.2, 0.25) is 0 Å². The lowest BCUT2D eigenvalue weighted by atomic mass is 10.1.